The summed E-state index contributed by atoms with van der Waals surface area (Å²) >= 11 is 0. The van der Waals surface area contributed by atoms with E-state index in [0.717, 1.165) is 13.2 Å². The lowest BCUT2D eigenvalue weighted by molar-refractivity contribution is -0.156. The second-order valence-electron chi connectivity index (χ2n) is 4.16. The average Bonchev–Trinajstić information content (AvgIpc) is 2.43. The monoisotopic (exact) mass is 286 g/mol. The minimum absolute atomic E-state index is 0.000486. The molecule has 6 nitrogen and oxygen atoms in total. The Morgan fingerprint density at radius 2 is 2.00 bits per heavy atom. The topological polar surface area (TPSA) is 104 Å². The van der Waals surface area contributed by atoms with E-state index < -0.39 is 30.0 Å². The van der Waals surface area contributed by atoms with Crippen molar-refractivity contribution in [2.75, 3.05) is 7.11 Å². The van der Waals surface area contributed by atoms with Gasteiger partial charge in [0.1, 0.15) is 11.9 Å². The van der Waals surface area contributed by atoms with E-state index in [1.807, 2.05) is 0 Å². The van der Waals surface area contributed by atoms with Crippen molar-refractivity contribution in [3.63, 3.8) is 0 Å². The number of benzene rings is 1. The summed E-state index contributed by atoms with van der Waals surface area (Å²) in [7, 11) is 1.05. The Hall–Kier alpha value is -1.99. The first kappa shape index (κ1) is 16.1. The van der Waals surface area contributed by atoms with Gasteiger partial charge in [-0.25, -0.2) is 9.18 Å². The third-order valence-corrected chi connectivity index (χ3v) is 2.77. The predicted molar refractivity (Wildman–Crippen MR) is 65.3 cm³/mol. The molecule has 0 aliphatic carbocycles. The van der Waals surface area contributed by atoms with E-state index in [9.17, 15) is 24.2 Å². The highest BCUT2D eigenvalue weighted by molar-refractivity contribution is 5.75. The van der Waals surface area contributed by atoms with Gasteiger partial charge in [0.2, 0.25) is 0 Å². The summed E-state index contributed by atoms with van der Waals surface area (Å²) < 4.78 is 18.0. The fraction of sp³-hybridized carbons (Fsp3) is 0.385. The van der Waals surface area contributed by atoms with E-state index in [2.05, 4.69) is 4.74 Å². The van der Waals surface area contributed by atoms with Crippen molar-refractivity contribution in [2.24, 2.45) is 0 Å². The van der Waals surface area contributed by atoms with Crippen LogP contribution in [0.5, 0.6) is 0 Å². The van der Waals surface area contributed by atoms with Crippen LogP contribution in [0.1, 0.15) is 23.7 Å². The molecule has 1 aromatic rings. The first-order valence-electron chi connectivity index (χ1n) is 5.81. The number of carbonyl (C=O) groups is 2. The van der Waals surface area contributed by atoms with E-state index in [4.69, 9.17) is 5.11 Å². The fourth-order valence-electron chi connectivity index (χ4n) is 1.62. The minimum Gasteiger partial charge on any atom is -0.481 e. The van der Waals surface area contributed by atoms with Gasteiger partial charge in [-0.2, -0.15) is 0 Å². The quantitative estimate of drug-likeness (QED) is 0.654. The number of aliphatic hydroxyl groups excluding tert-OH is 2. The summed E-state index contributed by atoms with van der Waals surface area (Å²) in [6.07, 6.45) is -3.64. The SMILES string of the molecule is COC(=O)C(O)C(O)c1ccc(CCC(=O)O)c(F)c1. The van der Waals surface area contributed by atoms with Crippen LogP contribution in [0.25, 0.3) is 0 Å². The van der Waals surface area contributed by atoms with Crippen molar-refractivity contribution < 1.29 is 34.0 Å². The first-order chi connectivity index (χ1) is 9.36. The van der Waals surface area contributed by atoms with Crippen LogP contribution in [-0.4, -0.2) is 40.5 Å². The summed E-state index contributed by atoms with van der Waals surface area (Å²) in [5.41, 5.74) is 0.176. The number of aliphatic hydroxyl groups is 2. The first-order valence-corrected chi connectivity index (χ1v) is 5.81. The number of ether oxygens (including phenoxy) is 1. The Kier molecular flexibility index (Phi) is 5.60. The van der Waals surface area contributed by atoms with Gasteiger partial charge in [-0.3, -0.25) is 4.79 Å². The largest absolute Gasteiger partial charge is 0.481 e. The molecule has 1 aromatic carbocycles. The van der Waals surface area contributed by atoms with E-state index in [-0.39, 0.29) is 24.0 Å². The molecule has 110 valence electrons. The molecule has 0 spiro atoms. The Balaban J connectivity index is 2.85. The van der Waals surface area contributed by atoms with Crippen molar-refractivity contribution >= 4 is 11.9 Å². The molecule has 7 heteroatoms. The van der Waals surface area contributed by atoms with E-state index in [1.165, 1.54) is 12.1 Å². The maximum Gasteiger partial charge on any atom is 0.337 e. The zero-order chi connectivity index (χ0) is 15.3. The lowest BCUT2D eigenvalue weighted by Crippen LogP contribution is -2.29. The maximum atomic E-state index is 13.7. The van der Waals surface area contributed by atoms with Gasteiger partial charge in [0, 0.05) is 6.42 Å². The second kappa shape index (κ2) is 6.97. The number of methoxy groups -OCH3 is 1. The predicted octanol–water partition coefficient (Wildman–Crippen LogP) is 0.410. The molecule has 0 aliphatic rings. The molecule has 0 saturated heterocycles. The van der Waals surface area contributed by atoms with Crippen molar-refractivity contribution in [3.05, 3.63) is 35.1 Å². The number of carbonyl (C=O) groups excluding carboxylic acids is 1. The summed E-state index contributed by atoms with van der Waals surface area (Å²) in [6.45, 7) is 0. The Labute approximate surface area is 114 Å². The number of carboxylic acid groups (broad SMARTS) is 1. The fourth-order valence-corrected chi connectivity index (χ4v) is 1.62. The van der Waals surface area contributed by atoms with Crippen LogP contribution >= 0.6 is 0 Å². The number of rotatable bonds is 6. The van der Waals surface area contributed by atoms with Crippen LogP contribution in [0.15, 0.2) is 18.2 Å². The Morgan fingerprint density at radius 3 is 2.50 bits per heavy atom. The van der Waals surface area contributed by atoms with Gasteiger partial charge in [-0.15, -0.1) is 0 Å². The number of hydrogen-bond donors (Lipinski definition) is 3. The van der Waals surface area contributed by atoms with Crippen LogP contribution in [0, 0.1) is 5.82 Å². The lowest BCUT2D eigenvalue weighted by atomic mass is 10.0. The molecule has 0 heterocycles. The number of aryl methyl sites for hydroxylation is 1. The van der Waals surface area contributed by atoms with Crippen LogP contribution in [0.3, 0.4) is 0 Å². The molecular formula is C13H15FO6. The van der Waals surface area contributed by atoms with E-state index >= 15 is 0 Å². The van der Waals surface area contributed by atoms with Gasteiger partial charge in [0.25, 0.3) is 0 Å². The van der Waals surface area contributed by atoms with Gasteiger partial charge in [-0.1, -0.05) is 12.1 Å². The number of carboxylic acids is 1. The molecule has 0 amide bonds. The number of esters is 1. The average molecular weight is 286 g/mol. The molecule has 2 atom stereocenters. The molecule has 0 aromatic heterocycles. The summed E-state index contributed by atoms with van der Waals surface area (Å²) in [5.74, 6) is -2.79. The van der Waals surface area contributed by atoms with Crippen LogP contribution in [0.4, 0.5) is 4.39 Å². The summed E-state index contributed by atoms with van der Waals surface area (Å²) in [5, 5.41) is 27.7. The molecule has 3 N–H and O–H groups in total. The molecule has 0 aliphatic heterocycles. The third-order valence-electron chi connectivity index (χ3n) is 2.77. The van der Waals surface area contributed by atoms with Gasteiger partial charge < -0.3 is 20.1 Å². The molecule has 0 saturated carbocycles. The maximum absolute atomic E-state index is 13.7. The van der Waals surface area contributed by atoms with Gasteiger partial charge in [-0.05, 0) is 23.6 Å². The highest BCUT2D eigenvalue weighted by Gasteiger charge is 2.27. The molecule has 0 radical (unpaired) electrons. The van der Waals surface area contributed by atoms with E-state index in [0.29, 0.717) is 0 Å². The standard InChI is InChI=1S/C13H15FO6/c1-20-13(19)12(18)11(17)8-3-2-7(9(14)6-8)4-5-10(15)16/h2-3,6,11-12,17-18H,4-5H2,1H3,(H,15,16). The number of hydrogen-bond acceptors (Lipinski definition) is 5. The van der Waals surface area contributed by atoms with Crippen molar-refractivity contribution in [1.29, 1.82) is 0 Å². The minimum atomic E-state index is -1.82. The van der Waals surface area contributed by atoms with Crippen molar-refractivity contribution in [3.8, 4) is 0 Å². The van der Waals surface area contributed by atoms with Gasteiger partial charge in [0.05, 0.1) is 7.11 Å². The molecular weight excluding hydrogens is 271 g/mol. The number of aliphatic carboxylic acids is 1. The Bertz CT molecular complexity index is 502. The normalized spacial score (nSPS) is 13.6. The molecule has 20 heavy (non-hydrogen) atoms. The lowest BCUT2D eigenvalue weighted by Gasteiger charge is -2.16. The van der Waals surface area contributed by atoms with Crippen molar-refractivity contribution in [1.82, 2.24) is 0 Å². The Morgan fingerprint density at radius 1 is 1.35 bits per heavy atom. The van der Waals surface area contributed by atoms with Gasteiger partial charge in [0.15, 0.2) is 6.10 Å². The highest BCUT2D eigenvalue weighted by Crippen LogP contribution is 2.21. The third kappa shape index (κ3) is 4.01. The van der Waals surface area contributed by atoms with Crippen LogP contribution in [0.2, 0.25) is 0 Å². The molecule has 0 fully saturated rings. The smallest absolute Gasteiger partial charge is 0.337 e. The highest BCUT2D eigenvalue weighted by atomic mass is 19.1. The summed E-state index contributed by atoms with van der Waals surface area (Å²) in [4.78, 5) is 21.5. The zero-order valence-electron chi connectivity index (χ0n) is 10.7. The number of halogens is 1. The van der Waals surface area contributed by atoms with Crippen molar-refractivity contribution in [2.45, 2.75) is 25.0 Å². The molecule has 2 unspecified atom stereocenters. The van der Waals surface area contributed by atoms with Gasteiger partial charge >= 0.3 is 11.9 Å². The van der Waals surface area contributed by atoms with Crippen LogP contribution in [-0.2, 0) is 20.7 Å². The van der Waals surface area contributed by atoms with E-state index in [1.54, 1.807) is 0 Å². The molecule has 1 rings (SSSR count). The second-order valence-corrected chi connectivity index (χ2v) is 4.16. The molecule has 0 bridgehead atoms. The summed E-state index contributed by atoms with van der Waals surface area (Å²) in [6, 6.07) is 3.58. The zero-order valence-corrected chi connectivity index (χ0v) is 10.7. The van der Waals surface area contributed by atoms with Crippen LogP contribution < -0.4 is 0 Å².